The van der Waals surface area contributed by atoms with Crippen LogP contribution in [0.15, 0.2) is 140 Å². The minimum Gasteiger partial charge on any atom is -0.507 e. The molecular formula is C56H52N6O6. The standard InChI is InChI=1S/C56H52N6O6/c1-29(2)45-37-25-33(7)47(53(65)49(37)39(51(63)55(45)67)27-57-41-13-9-11-15-43(41)61-59-35-21-17-31(5)18-22-35)48-34(8)26-38-46(30(3)4)56(68)52(64)40(50(38)54(48)66)28-58-42-14-10-12-16-44(42)62-60-36-23-19-32(6)20-24-36/h9-30,63-68H,1-8H3. The van der Waals surface area contributed by atoms with Crippen LogP contribution in [0.25, 0.3) is 32.7 Å². The smallest absolute Gasteiger partial charge is 0.167 e. The Morgan fingerprint density at radius 3 is 1.07 bits per heavy atom. The SMILES string of the molecule is Cc1ccc(N=Nc2ccccc2N=Cc2c(O)c(O)c(C(C)C)c3cc(C)c(-c4c(C)cc5c(C(C)C)c(O)c(O)c(C=Nc6ccccc6N=Nc6ccc(C)cc6)c5c4O)c(O)c23)cc1. The van der Waals surface area contributed by atoms with Gasteiger partial charge in [0.1, 0.15) is 22.9 Å². The molecule has 0 fully saturated rings. The van der Waals surface area contributed by atoms with Gasteiger partial charge in [0.25, 0.3) is 0 Å². The molecule has 342 valence electrons. The van der Waals surface area contributed by atoms with Crippen LogP contribution >= 0.6 is 0 Å². The predicted molar refractivity (Wildman–Crippen MR) is 273 cm³/mol. The zero-order valence-electron chi connectivity index (χ0n) is 39.1. The average Bonchev–Trinajstić information content (AvgIpc) is 3.30. The number of aliphatic imine (C=N–C) groups is 2. The van der Waals surface area contributed by atoms with Gasteiger partial charge in [-0.25, -0.2) is 0 Å². The van der Waals surface area contributed by atoms with Crippen molar-refractivity contribution in [3.63, 3.8) is 0 Å². The van der Waals surface area contributed by atoms with Crippen molar-refractivity contribution in [2.24, 2.45) is 30.4 Å². The van der Waals surface area contributed by atoms with Gasteiger partial charge in [-0.3, -0.25) is 9.98 Å². The van der Waals surface area contributed by atoms with Gasteiger partial charge in [-0.2, -0.15) is 10.2 Å². The molecule has 0 bridgehead atoms. The summed E-state index contributed by atoms with van der Waals surface area (Å²) in [7, 11) is 0. The maximum Gasteiger partial charge on any atom is 0.167 e. The zero-order valence-corrected chi connectivity index (χ0v) is 39.1. The van der Waals surface area contributed by atoms with Crippen molar-refractivity contribution in [2.75, 3.05) is 0 Å². The number of aromatic hydroxyl groups is 6. The molecule has 0 atom stereocenters. The first-order valence-electron chi connectivity index (χ1n) is 22.3. The predicted octanol–water partition coefficient (Wildman–Crippen LogP) is 15.7. The van der Waals surface area contributed by atoms with Crippen molar-refractivity contribution in [1.29, 1.82) is 0 Å². The number of hydrogen-bond donors (Lipinski definition) is 6. The number of phenols is 6. The molecule has 0 heterocycles. The largest absolute Gasteiger partial charge is 0.507 e. The molecule has 8 rings (SSSR count). The number of fused-ring (bicyclic) bond motifs is 2. The molecule has 0 radical (unpaired) electrons. The van der Waals surface area contributed by atoms with Gasteiger partial charge in [-0.15, -0.1) is 10.2 Å². The van der Waals surface area contributed by atoms with Crippen molar-refractivity contribution in [3.8, 4) is 45.6 Å². The number of azo groups is 2. The van der Waals surface area contributed by atoms with Crippen LogP contribution in [0.3, 0.4) is 0 Å². The Bertz CT molecular complexity index is 3170. The van der Waals surface area contributed by atoms with Crippen molar-refractivity contribution >= 4 is 68.1 Å². The maximum atomic E-state index is 12.7. The molecule has 0 amide bonds. The van der Waals surface area contributed by atoms with Crippen LogP contribution in [0.2, 0.25) is 0 Å². The number of nitrogens with zero attached hydrogens (tertiary/aromatic N) is 6. The molecule has 8 aromatic rings. The number of hydrogen-bond acceptors (Lipinski definition) is 12. The molecular weight excluding hydrogens is 853 g/mol. The van der Waals surface area contributed by atoms with Gasteiger partial charge in [-0.05, 0) is 110 Å². The van der Waals surface area contributed by atoms with E-state index in [0.29, 0.717) is 67.2 Å². The third kappa shape index (κ3) is 8.71. The summed E-state index contributed by atoms with van der Waals surface area (Å²) in [6.45, 7) is 15.0. The summed E-state index contributed by atoms with van der Waals surface area (Å²) in [5.74, 6) is -2.86. The summed E-state index contributed by atoms with van der Waals surface area (Å²) < 4.78 is 0. The monoisotopic (exact) mass is 904 g/mol. The van der Waals surface area contributed by atoms with Gasteiger partial charge in [0, 0.05) is 45.5 Å². The highest BCUT2D eigenvalue weighted by atomic mass is 16.3. The molecule has 0 saturated heterocycles. The van der Waals surface area contributed by atoms with Gasteiger partial charge >= 0.3 is 0 Å². The van der Waals surface area contributed by atoms with Crippen molar-refractivity contribution < 1.29 is 30.6 Å². The molecule has 0 aromatic heterocycles. The molecule has 0 saturated carbocycles. The van der Waals surface area contributed by atoms with Crippen LogP contribution in [0, 0.1) is 27.7 Å². The van der Waals surface area contributed by atoms with E-state index in [4.69, 9.17) is 9.98 Å². The quantitative estimate of drug-likeness (QED) is 0.0424. The lowest BCUT2D eigenvalue weighted by Gasteiger charge is -2.23. The third-order valence-corrected chi connectivity index (χ3v) is 12.0. The Hall–Kier alpha value is -8.38. The number of benzene rings is 8. The normalized spacial score (nSPS) is 12.2. The second kappa shape index (κ2) is 18.8. The van der Waals surface area contributed by atoms with Crippen LogP contribution in [0.5, 0.6) is 34.5 Å². The molecule has 0 spiro atoms. The van der Waals surface area contributed by atoms with E-state index in [9.17, 15) is 30.6 Å². The summed E-state index contributed by atoms with van der Waals surface area (Å²) in [4.78, 5) is 9.44. The average molecular weight is 905 g/mol. The zero-order chi connectivity index (χ0) is 48.6. The van der Waals surface area contributed by atoms with Gasteiger partial charge in [0.2, 0.25) is 0 Å². The Morgan fingerprint density at radius 1 is 0.397 bits per heavy atom. The van der Waals surface area contributed by atoms with Gasteiger partial charge < -0.3 is 30.6 Å². The lowest BCUT2D eigenvalue weighted by molar-refractivity contribution is 0.398. The van der Waals surface area contributed by atoms with E-state index in [1.165, 1.54) is 12.4 Å². The van der Waals surface area contributed by atoms with E-state index in [2.05, 4.69) is 20.5 Å². The molecule has 0 aliphatic carbocycles. The number of rotatable bonds is 11. The highest BCUT2D eigenvalue weighted by molar-refractivity contribution is 6.15. The summed E-state index contributed by atoms with van der Waals surface area (Å²) in [5, 5.41) is 91.0. The molecule has 68 heavy (non-hydrogen) atoms. The second-order valence-corrected chi connectivity index (χ2v) is 17.6. The fourth-order valence-corrected chi connectivity index (χ4v) is 8.65. The van der Waals surface area contributed by atoms with E-state index in [0.717, 1.165) is 11.1 Å². The minimum absolute atomic E-state index is 0.0273. The van der Waals surface area contributed by atoms with E-state index < -0.39 is 11.5 Å². The summed E-state index contributed by atoms with van der Waals surface area (Å²) in [6.07, 6.45) is 2.74. The second-order valence-electron chi connectivity index (χ2n) is 17.6. The van der Waals surface area contributed by atoms with Crippen molar-refractivity contribution in [3.05, 3.63) is 154 Å². The first-order chi connectivity index (χ1) is 32.5. The van der Waals surface area contributed by atoms with E-state index in [-0.39, 0.29) is 67.9 Å². The van der Waals surface area contributed by atoms with Gasteiger partial charge in [0.05, 0.1) is 33.9 Å². The Morgan fingerprint density at radius 2 is 0.735 bits per heavy atom. The van der Waals surface area contributed by atoms with Crippen LogP contribution in [0.1, 0.15) is 84.0 Å². The topological polar surface area (TPSA) is 196 Å². The Labute approximate surface area is 394 Å². The maximum absolute atomic E-state index is 12.7. The first-order valence-corrected chi connectivity index (χ1v) is 22.3. The van der Waals surface area contributed by atoms with E-state index in [1.54, 1.807) is 74.5 Å². The fraction of sp³-hybridized carbons (Fsp3) is 0.179. The molecule has 6 N–H and O–H groups in total. The van der Waals surface area contributed by atoms with E-state index >= 15 is 0 Å². The molecule has 12 nitrogen and oxygen atoms in total. The summed E-state index contributed by atoms with van der Waals surface area (Å²) >= 11 is 0. The third-order valence-electron chi connectivity index (χ3n) is 12.0. The molecule has 0 aliphatic rings. The van der Waals surface area contributed by atoms with E-state index in [1.807, 2.05) is 90.1 Å². The van der Waals surface area contributed by atoms with Crippen LogP contribution in [-0.2, 0) is 0 Å². The van der Waals surface area contributed by atoms with Crippen molar-refractivity contribution in [1.82, 2.24) is 0 Å². The van der Waals surface area contributed by atoms with Crippen LogP contribution < -0.4 is 0 Å². The first kappa shape index (κ1) is 46.2. The molecule has 0 aliphatic heterocycles. The number of para-hydroxylation sites is 2. The Kier molecular flexibility index (Phi) is 12.8. The van der Waals surface area contributed by atoms with Crippen molar-refractivity contribution in [2.45, 2.75) is 67.2 Å². The van der Waals surface area contributed by atoms with Crippen LogP contribution in [-0.4, -0.2) is 43.1 Å². The van der Waals surface area contributed by atoms with Crippen LogP contribution in [0.4, 0.5) is 34.1 Å². The molecule has 12 heteroatoms. The lowest BCUT2D eigenvalue weighted by Crippen LogP contribution is -2.01. The highest BCUT2D eigenvalue weighted by Crippen LogP contribution is 2.54. The lowest BCUT2D eigenvalue weighted by atomic mass is 9.83. The minimum atomic E-state index is -0.493. The number of aryl methyl sites for hydroxylation is 4. The van der Waals surface area contributed by atoms with Gasteiger partial charge in [0.15, 0.2) is 23.0 Å². The van der Waals surface area contributed by atoms with Gasteiger partial charge in [-0.1, -0.05) is 99.5 Å². The number of phenolic OH excluding ortho intramolecular Hbond substituents is 6. The summed E-state index contributed by atoms with van der Waals surface area (Å²) in [5.41, 5.74) is 7.62. The fourth-order valence-electron chi connectivity index (χ4n) is 8.65. The Balaban J connectivity index is 1.33. The molecule has 8 aromatic carbocycles. The summed E-state index contributed by atoms with van der Waals surface area (Å²) in [6, 6.07) is 33.0. The molecule has 0 unspecified atom stereocenters. The highest BCUT2D eigenvalue weighted by Gasteiger charge is 2.30.